The van der Waals surface area contributed by atoms with Crippen LogP contribution in [0.25, 0.3) is 0 Å². The second-order valence-corrected chi connectivity index (χ2v) is 10.1. The monoisotopic (exact) mass is 640 g/mol. The predicted molar refractivity (Wildman–Crippen MR) is 153 cm³/mol. The minimum Gasteiger partial charge on any atom is -0.415 e. The molecule has 4 nitrogen and oxygen atoms in total. The van der Waals surface area contributed by atoms with E-state index in [-0.39, 0.29) is 38.3 Å². The molecule has 0 aliphatic carbocycles. The van der Waals surface area contributed by atoms with Crippen molar-refractivity contribution < 1.29 is 21.1 Å². The van der Waals surface area contributed by atoms with Crippen molar-refractivity contribution in [1.29, 1.82) is 0 Å². The zero-order valence-corrected chi connectivity index (χ0v) is 25.4. The Morgan fingerprint density at radius 1 is 0.607 bits per heavy atom. The first-order valence-corrected chi connectivity index (χ1v) is 12.2. The van der Waals surface area contributed by atoms with Gasteiger partial charge in [-0.05, 0) is 24.3 Å². The molecule has 0 rings (SSSR count). The van der Waals surface area contributed by atoms with E-state index in [1.165, 1.54) is 50.0 Å². The van der Waals surface area contributed by atoms with Crippen LogP contribution in [0.2, 0.25) is 0 Å². The van der Waals surface area contributed by atoms with E-state index in [1.807, 2.05) is 0 Å². The average Bonchev–Trinajstić information content (AvgIpc) is 2.44. The summed E-state index contributed by atoms with van der Waals surface area (Å²) < 4.78 is 0.333. The molecule has 0 fully saturated rings. The summed E-state index contributed by atoms with van der Waals surface area (Å²) in [4.78, 5) is 0. The summed E-state index contributed by atoms with van der Waals surface area (Å²) >= 11 is 35.2. The Kier molecular flexibility index (Phi) is 65.9. The van der Waals surface area contributed by atoms with Gasteiger partial charge in [0.2, 0.25) is 0 Å². The molecule has 0 aliphatic heterocycles. The molecule has 0 heterocycles. The Morgan fingerprint density at radius 2 is 0.786 bits per heavy atom. The Bertz CT molecular complexity index is 290. The van der Waals surface area contributed by atoms with Crippen molar-refractivity contribution in [3.63, 3.8) is 0 Å². The van der Waals surface area contributed by atoms with E-state index in [4.69, 9.17) is 0 Å². The number of unbranched alkanes of at least 4 members (excludes halogenated alkanes) is 4. The normalized spacial score (nSPS) is 7.50. The average molecular weight is 639 g/mol. The molecule has 0 aliphatic rings. The van der Waals surface area contributed by atoms with Gasteiger partial charge in [0.25, 0.3) is 0 Å². The molecular weight excluding hydrogens is 609 g/mol. The van der Waals surface area contributed by atoms with E-state index in [0.29, 0.717) is 0 Å². The topological polar surface area (TPSA) is 104 Å². The van der Waals surface area contributed by atoms with Crippen LogP contribution in [-0.4, -0.2) is 28.8 Å². The van der Waals surface area contributed by atoms with E-state index in [1.54, 1.807) is 0 Å². The predicted octanol–water partition coefficient (Wildman–Crippen LogP) is 3.21. The molecule has 166 valence electrons. The third kappa shape index (κ3) is 214. The molecule has 8 N–H and O–H groups in total. The number of rotatable bonds is 8. The molecule has 0 spiro atoms. The zero-order chi connectivity index (χ0) is 22.7. The van der Waals surface area contributed by atoms with Gasteiger partial charge >= 0.3 is 21.1 Å². The van der Waals surface area contributed by atoms with Crippen LogP contribution < -0.4 is 22.9 Å². The first kappa shape index (κ1) is 43.4. The number of hydrogen-bond acceptors (Lipinski definition) is 9. The summed E-state index contributed by atoms with van der Waals surface area (Å²) in [5.41, 5.74) is 18.6. The largest absolute Gasteiger partial charge is 4.00 e. The van der Waals surface area contributed by atoms with Gasteiger partial charge in [-0.15, -0.1) is 0 Å². The molecule has 0 atom stereocenters. The smallest absolute Gasteiger partial charge is 0.415 e. The summed E-state index contributed by atoms with van der Waals surface area (Å²) in [6, 6.07) is 0. The fourth-order valence-corrected chi connectivity index (χ4v) is 2.03. The third-order valence-corrected chi connectivity index (χ3v) is 2.94. The van der Waals surface area contributed by atoms with E-state index in [2.05, 4.69) is 148 Å². The second-order valence-electron chi connectivity index (χ2n) is 4.30. The standard InChI is InChI=1S/C10H22S.4CH3NS2.Mo/c1-3-5-7-9-11-10-8-6-4-2;4*2-1(3)4;/h3-10H2,1-2H3;4*(H3,2,3,4);/q;;;;;+4/p-4. The van der Waals surface area contributed by atoms with Crippen molar-refractivity contribution >= 4 is 128 Å². The van der Waals surface area contributed by atoms with Crippen LogP contribution in [0.5, 0.6) is 0 Å². The van der Waals surface area contributed by atoms with Crippen LogP contribution in [0.4, 0.5) is 0 Å². The van der Waals surface area contributed by atoms with Gasteiger partial charge in [-0.2, -0.15) is 11.8 Å². The molecular formula is C14H30MoN4S9. The summed E-state index contributed by atoms with van der Waals surface area (Å²) in [7, 11) is 0. The van der Waals surface area contributed by atoms with Crippen molar-refractivity contribution in [2.24, 2.45) is 22.9 Å². The summed E-state index contributed by atoms with van der Waals surface area (Å²) in [5.74, 6) is 2.77. The maximum absolute atomic E-state index is 4.66. The molecule has 0 saturated carbocycles. The Labute approximate surface area is 233 Å². The number of nitrogens with two attached hydrogens (primary N) is 4. The maximum atomic E-state index is 4.66. The van der Waals surface area contributed by atoms with Gasteiger partial charge in [-0.1, -0.05) is 56.8 Å². The molecule has 0 saturated heterocycles. The van der Waals surface area contributed by atoms with E-state index < -0.39 is 0 Å². The molecule has 0 radical (unpaired) electrons. The fourth-order valence-electron chi connectivity index (χ4n) is 1.01. The van der Waals surface area contributed by atoms with Gasteiger partial charge in [-0.25, -0.2) is 0 Å². The van der Waals surface area contributed by atoms with Crippen LogP contribution in [-0.2, 0) is 71.6 Å². The molecule has 0 aromatic rings. The van der Waals surface area contributed by atoms with Crippen molar-refractivity contribution in [2.75, 3.05) is 11.5 Å². The number of thioether (sulfide) groups is 1. The third-order valence-electron chi connectivity index (χ3n) is 1.78. The quantitative estimate of drug-likeness (QED) is 0.136. The molecule has 0 amide bonds. The minimum atomic E-state index is 0. The van der Waals surface area contributed by atoms with E-state index >= 15 is 0 Å². The summed E-state index contributed by atoms with van der Waals surface area (Å²) in [5, 5.41) is 0. The van der Waals surface area contributed by atoms with Gasteiger partial charge in [0.15, 0.2) is 0 Å². The zero-order valence-electron chi connectivity index (χ0n) is 16.0. The van der Waals surface area contributed by atoms with Gasteiger partial charge < -0.3 is 122 Å². The van der Waals surface area contributed by atoms with Crippen LogP contribution in [0, 0.1) is 0 Å². The summed E-state index contributed by atoms with van der Waals surface area (Å²) in [6.07, 6.45) is 8.40. The maximum Gasteiger partial charge on any atom is 4.00 e. The molecule has 0 bridgehead atoms. The van der Waals surface area contributed by atoms with Crippen molar-refractivity contribution in [3.05, 3.63) is 0 Å². The SMILES string of the molecule is CCCCCSCCCCC.NC(=S)[S-].NC(=S)[S-].NC(=S)[S-].NC(=S)[S-].[Mo+4]. The van der Waals surface area contributed by atoms with Crippen molar-refractivity contribution in [3.8, 4) is 0 Å². The molecule has 14 heteroatoms. The van der Waals surface area contributed by atoms with Crippen LogP contribution in [0.1, 0.15) is 52.4 Å². The first-order chi connectivity index (χ1) is 12.3. The van der Waals surface area contributed by atoms with Crippen LogP contribution >= 0.6 is 60.6 Å². The Hall–Kier alpha value is 1.48. The van der Waals surface area contributed by atoms with E-state index in [9.17, 15) is 0 Å². The van der Waals surface area contributed by atoms with Gasteiger partial charge in [0.05, 0.1) is 0 Å². The van der Waals surface area contributed by atoms with Gasteiger partial charge in [-0.3, -0.25) is 0 Å². The van der Waals surface area contributed by atoms with E-state index in [0.717, 1.165) is 0 Å². The number of hydrogen-bond donors (Lipinski definition) is 4. The van der Waals surface area contributed by atoms with Crippen LogP contribution in [0.3, 0.4) is 0 Å². The molecule has 0 aromatic heterocycles. The minimum absolute atomic E-state index is 0. The van der Waals surface area contributed by atoms with Gasteiger partial charge in [0, 0.05) is 0 Å². The van der Waals surface area contributed by atoms with Crippen LogP contribution in [0.15, 0.2) is 0 Å². The van der Waals surface area contributed by atoms with Gasteiger partial charge in [0.1, 0.15) is 0 Å². The molecule has 0 aromatic carbocycles. The molecule has 0 unspecified atom stereocenters. The first-order valence-electron chi connectivity index (χ1n) is 7.78. The molecule has 28 heavy (non-hydrogen) atoms. The fraction of sp³-hybridized carbons (Fsp3) is 0.714. The van der Waals surface area contributed by atoms with Crippen molar-refractivity contribution in [2.45, 2.75) is 52.4 Å². The Balaban J connectivity index is -0.0000000599. The Morgan fingerprint density at radius 3 is 0.929 bits per heavy atom. The number of thiocarbonyl (C=S) groups is 4. The summed E-state index contributed by atoms with van der Waals surface area (Å²) in [6.45, 7) is 4.53. The second kappa shape index (κ2) is 42.6. The van der Waals surface area contributed by atoms with Crippen molar-refractivity contribution in [1.82, 2.24) is 0 Å².